The fraction of sp³-hybridized carbons (Fsp3) is 0.125. The molecule has 0 saturated heterocycles. The maximum absolute atomic E-state index is 5.06. The zero-order valence-corrected chi connectivity index (χ0v) is 19.8. The van der Waals surface area contributed by atoms with E-state index in [1.807, 2.05) is 12.2 Å². The SMILES string of the molecule is C=C/C=C(/C1=Nc2cc3c(cc2C1)N=C(/C(=C/C=C)c1ccccc1C)C3)c1ccccc1C. The van der Waals surface area contributed by atoms with E-state index in [0.717, 1.165) is 46.8 Å². The van der Waals surface area contributed by atoms with Crippen molar-refractivity contribution in [3.63, 3.8) is 0 Å². The molecule has 2 aliphatic rings. The van der Waals surface area contributed by atoms with Crippen molar-refractivity contribution in [3.05, 3.63) is 132 Å². The van der Waals surface area contributed by atoms with E-state index >= 15 is 0 Å². The van der Waals surface area contributed by atoms with Crippen LogP contribution in [-0.2, 0) is 12.8 Å². The summed E-state index contributed by atoms with van der Waals surface area (Å²) in [6.45, 7) is 12.2. The summed E-state index contributed by atoms with van der Waals surface area (Å²) >= 11 is 0. The van der Waals surface area contributed by atoms with E-state index in [1.165, 1.54) is 33.4 Å². The second kappa shape index (κ2) is 9.07. The van der Waals surface area contributed by atoms with Crippen LogP contribution in [0.2, 0.25) is 0 Å². The first-order valence-corrected chi connectivity index (χ1v) is 11.7. The lowest BCUT2D eigenvalue weighted by molar-refractivity contribution is 1.33. The molecule has 34 heavy (non-hydrogen) atoms. The summed E-state index contributed by atoms with van der Waals surface area (Å²) in [5.41, 5.74) is 13.9. The van der Waals surface area contributed by atoms with Gasteiger partial charge in [-0.1, -0.05) is 86.0 Å². The van der Waals surface area contributed by atoms with Crippen LogP contribution < -0.4 is 0 Å². The molecule has 0 saturated carbocycles. The Morgan fingerprint density at radius 3 is 1.47 bits per heavy atom. The number of aryl methyl sites for hydroxylation is 2. The first kappa shape index (κ1) is 21.8. The van der Waals surface area contributed by atoms with E-state index in [9.17, 15) is 0 Å². The minimum Gasteiger partial charge on any atom is -0.252 e. The van der Waals surface area contributed by atoms with Gasteiger partial charge in [-0.25, -0.2) is 0 Å². The molecular formula is C32H28N2. The van der Waals surface area contributed by atoms with Gasteiger partial charge in [-0.05, 0) is 59.4 Å². The van der Waals surface area contributed by atoms with Gasteiger partial charge in [0.25, 0.3) is 0 Å². The average molecular weight is 441 g/mol. The van der Waals surface area contributed by atoms with Gasteiger partial charge in [0.2, 0.25) is 0 Å². The van der Waals surface area contributed by atoms with Crippen LogP contribution in [0.15, 0.2) is 108 Å². The summed E-state index contributed by atoms with van der Waals surface area (Å²) in [5, 5.41) is 0. The number of rotatable bonds is 6. The molecule has 0 unspecified atom stereocenters. The number of allylic oxidation sites excluding steroid dienone is 6. The van der Waals surface area contributed by atoms with Gasteiger partial charge in [0.1, 0.15) is 0 Å². The van der Waals surface area contributed by atoms with Gasteiger partial charge in [0, 0.05) is 24.0 Å². The Kier molecular flexibility index (Phi) is 5.81. The molecule has 0 aliphatic carbocycles. The molecule has 2 nitrogen and oxygen atoms in total. The molecule has 2 heterocycles. The molecular weight excluding hydrogens is 412 g/mol. The highest BCUT2D eigenvalue weighted by atomic mass is 14.8. The maximum atomic E-state index is 5.06. The van der Waals surface area contributed by atoms with Gasteiger partial charge >= 0.3 is 0 Å². The zero-order chi connectivity index (χ0) is 23.7. The Balaban J connectivity index is 1.47. The van der Waals surface area contributed by atoms with Crippen LogP contribution in [0.3, 0.4) is 0 Å². The lowest BCUT2D eigenvalue weighted by Crippen LogP contribution is -2.03. The number of benzene rings is 3. The second-order valence-electron chi connectivity index (χ2n) is 8.84. The van der Waals surface area contributed by atoms with E-state index in [4.69, 9.17) is 9.98 Å². The topological polar surface area (TPSA) is 24.7 Å². The van der Waals surface area contributed by atoms with Crippen molar-refractivity contribution in [3.8, 4) is 0 Å². The van der Waals surface area contributed by atoms with E-state index in [2.05, 4.69) is 99.8 Å². The minimum absolute atomic E-state index is 0.800. The maximum Gasteiger partial charge on any atom is 0.0673 e. The Morgan fingerprint density at radius 2 is 1.09 bits per heavy atom. The van der Waals surface area contributed by atoms with Crippen molar-refractivity contribution < 1.29 is 0 Å². The Morgan fingerprint density at radius 1 is 0.676 bits per heavy atom. The fourth-order valence-electron chi connectivity index (χ4n) is 4.86. The van der Waals surface area contributed by atoms with Crippen molar-refractivity contribution in [2.45, 2.75) is 26.7 Å². The summed E-state index contributed by atoms with van der Waals surface area (Å²) in [6, 6.07) is 21.3. The van der Waals surface area contributed by atoms with Gasteiger partial charge in [-0.15, -0.1) is 0 Å². The number of hydrogen-bond donors (Lipinski definition) is 0. The predicted octanol–water partition coefficient (Wildman–Crippen LogP) is 8.10. The van der Waals surface area contributed by atoms with Crippen molar-refractivity contribution in [2.75, 3.05) is 0 Å². The van der Waals surface area contributed by atoms with Crippen molar-refractivity contribution in [1.29, 1.82) is 0 Å². The Hall–Kier alpha value is -4.04. The smallest absolute Gasteiger partial charge is 0.0673 e. The molecule has 5 rings (SSSR count). The third-order valence-corrected chi connectivity index (χ3v) is 6.57. The molecule has 0 aromatic heterocycles. The third kappa shape index (κ3) is 3.92. The minimum atomic E-state index is 0.800. The van der Waals surface area contributed by atoms with Crippen molar-refractivity contribution >= 4 is 33.9 Å². The van der Waals surface area contributed by atoms with Gasteiger partial charge < -0.3 is 0 Å². The van der Waals surface area contributed by atoms with Crippen LogP contribution in [0, 0.1) is 13.8 Å². The summed E-state index contributed by atoms with van der Waals surface area (Å²) in [6.07, 6.45) is 9.45. The first-order chi connectivity index (χ1) is 16.6. The summed E-state index contributed by atoms with van der Waals surface area (Å²) in [5.74, 6) is 0. The van der Waals surface area contributed by atoms with Crippen molar-refractivity contribution in [1.82, 2.24) is 0 Å². The third-order valence-electron chi connectivity index (χ3n) is 6.57. The molecule has 0 fully saturated rings. The lowest BCUT2D eigenvalue weighted by Gasteiger charge is -2.10. The summed E-state index contributed by atoms with van der Waals surface area (Å²) < 4.78 is 0. The summed E-state index contributed by atoms with van der Waals surface area (Å²) in [4.78, 5) is 10.1. The number of aliphatic imine (C=N–C) groups is 2. The monoisotopic (exact) mass is 440 g/mol. The highest BCUT2D eigenvalue weighted by Gasteiger charge is 2.25. The molecule has 0 bridgehead atoms. The van der Waals surface area contributed by atoms with E-state index in [0.29, 0.717) is 0 Å². The van der Waals surface area contributed by atoms with Crippen LogP contribution >= 0.6 is 0 Å². The molecule has 0 radical (unpaired) electrons. The van der Waals surface area contributed by atoms with Crippen LogP contribution in [0.25, 0.3) is 11.1 Å². The number of hydrogen-bond acceptors (Lipinski definition) is 2. The van der Waals surface area contributed by atoms with E-state index in [1.54, 1.807) is 0 Å². The molecule has 2 heteroatoms. The quantitative estimate of drug-likeness (QED) is 0.346. The zero-order valence-electron chi connectivity index (χ0n) is 19.8. The van der Waals surface area contributed by atoms with Crippen LogP contribution in [0.5, 0.6) is 0 Å². The average Bonchev–Trinajstić information content (AvgIpc) is 3.43. The summed E-state index contributed by atoms with van der Waals surface area (Å²) in [7, 11) is 0. The van der Waals surface area contributed by atoms with Gasteiger partial charge in [-0.3, -0.25) is 9.98 Å². The number of nitrogens with zero attached hydrogens (tertiary/aromatic N) is 2. The van der Waals surface area contributed by atoms with Gasteiger partial charge in [0.05, 0.1) is 22.8 Å². The molecule has 0 spiro atoms. The molecule has 0 N–H and O–H groups in total. The van der Waals surface area contributed by atoms with Crippen LogP contribution in [0.4, 0.5) is 11.4 Å². The predicted molar refractivity (Wildman–Crippen MR) is 147 cm³/mol. The Bertz CT molecular complexity index is 1330. The second-order valence-corrected chi connectivity index (χ2v) is 8.84. The van der Waals surface area contributed by atoms with Crippen LogP contribution in [0.1, 0.15) is 33.4 Å². The normalized spacial score (nSPS) is 14.9. The largest absolute Gasteiger partial charge is 0.252 e. The van der Waals surface area contributed by atoms with Crippen molar-refractivity contribution in [2.24, 2.45) is 9.98 Å². The van der Waals surface area contributed by atoms with E-state index in [-0.39, 0.29) is 0 Å². The van der Waals surface area contributed by atoms with Crippen LogP contribution in [-0.4, -0.2) is 11.4 Å². The van der Waals surface area contributed by atoms with E-state index < -0.39 is 0 Å². The highest BCUT2D eigenvalue weighted by molar-refractivity contribution is 6.29. The lowest BCUT2D eigenvalue weighted by atomic mass is 9.93. The fourth-order valence-corrected chi connectivity index (χ4v) is 4.86. The highest BCUT2D eigenvalue weighted by Crippen LogP contribution is 2.41. The molecule has 3 aromatic carbocycles. The van der Waals surface area contributed by atoms with Gasteiger partial charge in [-0.2, -0.15) is 0 Å². The standard InChI is InChI=1S/C32H28N2/c1-5-11-27(25-15-9-7-13-21(25)3)31-19-23-17-30-24(18-29(23)33-31)20-32(34-30)28(12-6-2)26-16-10-8-14-22(26)4/h5-18H,1-2,19-20H2,3-4H3/b27-11+,28-12+. The molecule has 0 amide bonds. The van der Waals surface area contributed by atoms with Gasteiger partial charge in [0.15, 0.2) is 0 Å². The molecule has 0 atom stereocenters. The molecule has 3 aromatic rings. The Labute approximate surface area is 202 Å². The molecule has 2 aliphatic heterocycles. The number of fused-ring (bicyclic) bond motifs is 2. The molecule has 166 valence electrons. The first-order valence-electron chi connectivity index (χ1n) is 11.7.